The summed E-state index contributed by atoms with van der Waals surface area (Å²) >= 11 is 6.04. The lowest BCUT2D eigenvalue weighted by molar-refractivity contribution is 0.457. The molecule has 0 fully saturated rings. The number of rotatable bonds is 2. The van der Waals surface area contributed by atoms with Gasteiger partial charge in [0, 0.05) is 10.6 Å². The van der Waals surface area contributed by atoms with Crippen LogP contribution in [0.2, 0.25) is 5.02 Å². The van der Waals surface area contributed by atoms with Gasteiger partial charge in [-0.1, -0.05) is 54.1 Å². The van der Waals surface area contributed by atoms with Crippen molar-refractivity contribution < 1.29 is 4.39 Å². The molecule has 2 atom stereocenters. The molecule has 0 unspecified atom stereocenters. The second-order valence-corrected chi connectivity index (χ2v) is 7.25. The summed E-state index contributed by atoms with van der Waals surface area (Å²) < 4.78 is 16.8. The quantitative estimate of drug-likeness (QED) is 0.466. The highest BCUT2D eigenvalue weighted by Gasteiger charge is 2.32. The molecule has 0 aliphatic carbocycles. The lowest BCUT2D eigenvalue weighted by Crippen LogP contribution is -2.27. The SMILES string of the molecule is Fc1ccccc1[C@H]1C[C@@H](c2ccc(Cl)cc2)Nc2nc3ccccc3n21. The van der Waals surface area contributed by atoms with Crippen molar-refractivity contribution >= 4 is 28.6 Å². The van der Waals surface area contributed by atoms with Crippen molar-refractivity contribution in [2.45, 2.75) is 18.5 Å². The van der Waals surface area contributed by atoms with Crippen LogP contribution in [0.4, 0.5) is 10.3 Å². The number of para-hydroxylation sites is 2. The summed E-state index contributed by atoms with van der Waals surface area (Å²) in [4.78, 5) is 4.76. The number of halogens is 2. The molecule has 3 nitrogen and oxygen atoms in total. The van der Waals surface area contributed by atoms with Crippen molar-refractivity contribution in [3.05, 3.63) is 94.8 Å². The fourth-order valence-corrected chi connectivity index (χ4v) is 4.06. The monoisotopic (exact) mass is 377 g/mol. The maximum atomic E-state index is 14.7. The molecule has 3 aromatic carbocycles. The van der Waals surface area contributed by atoms with E-state index in [9.17, 15) is 4.39 Å². The Bertz CT molecular complexity index is 1120. The zero-order chi connectivity index (χ0) is 18.4. The Kier molecular flexibility index (Phi) is 3.87. The maximum absolute atomic E-state index is 14.7. The first kappa shape index (κ1) is 16.3. The molecular formula is C22H17ClFN3. The molecule has 0 saturated heterocycles. The lowest BCUT2D eigenvalue weighted by Gasteiger charge is -2.33. The van der Waals surface area contributed by atoms with E-state index < -0.39 is 0 Å². The summed E-state index contributed by atoms with van der Waals surface area (Å²) in [5, 5.41) is 4.23. The molecule has 0 spiro atoms. The van der Waals surface area contributed by atoms with E-state index in [0.717, 1.165) is 29.0 Å². The van der Waals surface area contributed by atoms with E-state index in [1.807, 2.05) is 60.7 Å². The fraction of sp³-hybridized carbons (Fsp3) is 0.136. The van der Waals surface area contributed by atoms with E-state index in [1.54, 1.807) is 6.07 Å². The highest BCUT2D eigenvalue weighted by Crippen LogP contribution is 2.41. The summed E-state index contributed by atoms with van der Waals surface area (Å²) in [6.07, 6.45) is 0.718. The highest BCUT2D eigenvalue weighted by atomic mass is 35.5. The summed E-state index contributed by atoms with van der Waals surface area (Å²) in [5.74, 6) is 0.568. The first-order valence-electron chi connectivity index (χ1n) is 8.94. The van der Waals surface area contributed by atoms with E-state index in [2.05, 4.69) is 9.88 Å². The van der Waals surface area contributed by atoms with Crippen molar-refractivity contribution in [2.75, 3.05) is 5.32 Å². The van der Waals surface area contributed by atoms with Crippen molar-refractivity contribution in [3.63, 3.8) is 0 Å². The Hall–Kier alpha value is -2.85. The van der Waals surface area contributed by atoms with Gasteiger partial charge in [0.1, 0.15) is 5.82 Å². The molecule has 1 aromatic heterocycles. The minimum absolute atomic E-state index is 0.0242. The van der Waals surface area contributed by atoms with Crippen LogP contribution in [0, 0.1) is 5.82 Å². The predicted molar refractivity (Wildman–Crippen MR) is 107 cm³/mol. The molecule has 5 rings (SSSR count). The molecule has 0 radical (unpaired) electrons. The molecule has 5 heteroatoms. The van der Waals surface area contributed by atoms with Crippen LogP contribution in [-0.4, -0.2) is 9.55 Å². The molecule has 134 valence electrons. The van der Waals surface area contributed by atoms with Crippen LogP contribution in [0.5, 0.6) is 0 Å². The first-order valence-corrected chi connectivity index (χ1v) is 9.32. The summed E-state index contributed by atoms with van der Waals surface area (Å²) in [7, 11) is 0. The largest absolute Gasteiger partial charge is 0.349 e. The van der Waals surface area contributed by atoms with Crippen LogP contribution in [0.1, 0.15) is 29.6 Å². The normalized spacial score (nSPS) is 18.9. The Labute approximate surface area is 161 Å². The molecule has 1 aliphatic heterocycles. The molecule has 1 aliphatic rings. The van der Waals surface area contributed by atoms with E-state index in [4.69, 9.17) is 16.6 Å². The van der Waals surface area contributed by atoms with Crippen LogP contribution < -0.4 is 5.32 Å². The van der Waals surface area contributed by atoms with Gasteiger partial charge in [-0.15, -0.1) is 0 Å². The average molecular weight is 378 g/mol. The highest BCUT2D eigenvalue weighted by molar-refractivity contribution is 6.30. The Morgan fingerprint density at radius 2 is 1.70 bits per heavy atom. The summed E-state index contributed by atoms with van der Waals surface area (Å²) in [6, 6.07) is 22.6. The average Bonchev–Trinajstić information content (AvgIpc) is 3.07. The molecule has 4 aromatic rings. The molecule has 0 amide bonds. The standard InChI is InChI=1S/C22H17ClFN3/c23-15-11-9-14(10-12-15)19-13-21(16-5-1-2-6-17(16)24)27-20-8-4-3-7-18(20)25-22(27)26-19/h1-12,19,21H,13H2,(H,25,26)/t19-,21+/m0/s1. The van der Waals surface area contributed by atoms with Gasteiger partial charge in [-0.3, -0.25) is 0 Å². The number of imidazole rings is 1. The zero-order valence-electron chi connectivity index (χ0n) is 14.4. The van der Waals surface area contributed by atoms with Crippen LogP contribution in [0.25, 0.3) is 11.0 Å². The van der Waals surface area contributed by atoms with Gasteiger partial charge in [-0.05, 0) is 42.3 Å². The van der Waals surface area contributed by atoms with Gasteiger partial charge < -0.3 is 9.88 Å². The first-order chi connectivity index (χ1) is 13.2. The van der Waals surface area contributed by atoms with Gasteiger partial charge in [0.2, 0.25) is 5.95 Å². The van der Waals surface area contributed by atoms with Crippen LogP contribution in [0.3, 0.4) is 0 Å². The number of anilines is 1. The number of nitrogens with one attached hydrogen (secondary N) is 1. The topological polar surface area (TPSA) is 29.9 Å². The van der Waals surface area contributed by atoms with E-state index in [-0.39, 0.29) is 17.9 Å². The molecule has 1 N–H and O–H groups in total. The van der Waals surface area contributed by atoms with Crippen molar-refractivity contribution in [3.8, 4) is 0 Å². The molecule has 0 saturated carbocycles. The summed E-state index contributed by atoms with van der Waals surface area (Å²) in [6.45, 7) is 0. The summed E-state index contributed by atoms with van der Waals surface area (Å²) in [5.41, 5.74) is 3.70. The molecule has 0 bridgehead atoms. The van der Waals surface area contributed by atoms with Crippen LogP contribution >= 0.6 is 11.6 Å². The molecule has 27 heavy (non-hydrogen) atoms. The number of fused-ring (bicyclic) bond motifs is 3. The van der Waals surface area contributed by atoms with E-state index in [1.165, 1.54) is 6.07 Å². The van der Waals surface area contributed by atoms with E-state index in [0.29, 0.717) is 10.6 Å². The maximum Gasteiger partial charge on any atom is 0.204 e. The molecular weight excluding hydrogens is 361 g/mol. The minimum Gasteiger partial charge on any atom is -0.349 e. The van der Waals surface area contributed by atoms with Gasteiger partial charge in [-0.25, -0.2) is 9.37 Å². The van der Waals surface area contributed by atoms with Crippen LogP contribution in [-0.2, 0) is 0 Å². The van der Waals surface area contributed by atoms with E-state index >= 15 is 0 Å². The number of hydrogen-bond donors (Lipinski definition) is 1. The Morgan fingerprint density at radius 1 is 0.963 bits per heavy atom. The number of nitrogens with zero attached hydrogens (tertiary/aromatic N) is 2. The molecule has 2 heterocycles. The van der Waals surface area contributed by atoms with Crippen LogP contribution in [0.15, 0.2) is 72.8 Å². The van der Waals surface area contributed by atoms with Gasteiger partial charge >= 0.3 is 0 Å². The third kappa shape index (κ3) is 2.77. The third-order valence-corrected chi connectivity index (χ3v) is 5.46. The second kappa shape index (κ2) is 6.39. The van der Waals surface area contributed by atoms with Crippen molar-refractivity contribution in [2.24, 2.45) is 0 Å². The number of aromatic nitrogens is 2. The Morgan fingerprint density at radius 3 is 2.52 bits per heavy atom. The van der Waals surface area contributed by atoms with Crippen molar-refractivity contribution in [1.82, 2.24) is 9.55 Å². The lowest BCUT2D eigenvalue weighted by atomic mass is 9.92. The second-order valence-electron chi connectivity index (χ2n) is 6.82. The fourth-order valence-electron chi connectivity index (χ4n) is 3.93. The smallest absolute Gasteiger partial charge is 0.204 e. The van der Waals surface area contributed by atoms with Gasteiger partial charge in [-0.2, -0.15) is 0 Å². The third-order valence-electron chi connectivity index (χ3n) is 5.21. The Balaban J connectivity index is 1.68. The number of hydrogen-bond acceptors (Lipinski definition) is 2. The van der Waals surface area contributed by atoms with Gasteiger partial charge in [0.15, 0.2) is 0 Å². The van der Waals surface area contributed by atoms with Gasteiger partial charge in [0.25, 0.3) is 0 Å². The van der Waals surface area contributed by atoms with Crippen molar-refractivity contribution in [1.29, 1.82) is 0 Å². The number of benzene rings is 3. The minimum atomic E-state index is -0.192. The van der Waals surface area contributed by atoms with Gasteiger partial charge in [0.05, 0.1) is 23.1 Å². The zero-order valence-corrected chi connectivity index (χ0v) is 15.2. The predicted octanol–water partition coefficient (Wildman–Crippen LogP) is 5.98.